The lowest BCUT2D eigenvalue weighted by atomic mass is 10.4. The Morgan fingerprint density at radius 1 is 1.50 bits per heavy atom. The smallest absolute Gasteiger partial charge is 0.314 e. The summed E-state index contributed by atoms with van der Waals surface area (Å²) in [6.07, 6.45) is 0. The Bertz CT molecular complexity index is 96.2. The van der Waals surface area contributed by atoms with E-state index in [9.17, 15) is 4.79 Å². The highest BCUT2D eigenvalue weighted by atomic mass is 79.9. The summed E-state index contributed by atoms with van der Waals surface area (Å²) in [7, 11) is 0. The monoisotopic (exact) mass is 178 g/mol. The third-order valence-corrected chi connectivity index (χ3v) is 1.62. The van der Waals surface area contributed by atoms with Gasteiger partial charge in [0.15, 0.2) is 0 Å². The molecule has 1 rings (SSSR count). The molecule has 1 heterocycles. The molecule has 2 amide bonds. The van der Waals surface area contributed by atoms with E-state index in [1.54, 1.807) is 0 Å². The Balaban J connectivity index is 2.29. The highest BCUT2D eigenvalue weighted by Crippen LogP contribution is 1.97. The van der Waals surface area contributed by atoms with Crippen LogP contribution in [0.2, 0.25) is 0 Å². The molecular formula is C4H7BrN2O. The summed E-state index contributed by atoms with van der Waals surface area (Å²) in [6.45, 7) is 1.46. The van der Waals surface area contributed by atoms with Gasteiger partial charge in [-0.1, -0.05) is 15.9 Å². The number of carbonyl (C=O) groups is 1. The first kappa shape index (κ1) is 5.88. The Hall–Kier alpha value is -0.250. The molecule has 1 aliphatic heterocycles. The number of carbonyl (C=O) groups excluding carboxylic acids is 1. The molecule has 0 aromatic heterocycles. The van der Waals surface area contributed by atoms with E-state index < -0.39 is 0 Å². The van der Waals surface area contributed by atoms with Gasteiger partial charge in [-0.25, -0.2) is 4.79 Å². The van der Waals surface area contributed by atoms with Crippen LogP contribution in [0.25, 0.3) is 0 Å². The number of hydrogen-bond donors (Lipinski definition) is 2. The van der Waals surface area contributed by atoms with E-state index in [0.717, 1.165) is 13.1 Å². The minimum absolute atomic E-state index is 0.0688. The fourth-order valence-electron chi connectivity index (χ4n) is 0.542. The molecule has 0 unspecified atom stereocenters. The summed E-state index contributed by atoms with van der Waals surface area (Å²) >= 11 is 3.34. The quantitative estimate of drug-likeness (QED) is 0.507. The van der Waals surface area contributed by atoms with Crippen molar-refractivity contribution in [2.45, 2.75) is 4.83 Å². The maximum atomic E-state index is 10.4. The van der Waals surface area contributed by atoms with Crippen molar-refractivity contribution < 1.29 is 4.79 Å². The van der Waals surface area contributed by atoms with Crippen LogP contribution < -0.4 is 10.6 Å². The molecule has 0 aromatic carbocycles. The molecule has 2 N–H and O–H groups in total. The zero-order chi connectivity index (χ0) is 5.98. The first-order valence-corrected chi connectivity index (χ1v) is 3.36. The van der Waals surface area contributed by atoms with E-state index in [2.05, 4.69) is 26.6 Å². The lowest BCUT2D eigenvalue weighted by Gasteiger charge is -2.17. The number of amides is 2. The second-order valence-electron chi connectivity index (χ2n) is 1.69. The van der Waals surface area contributed by atoms with Crippen LogP contribution in [0.5, 0.6) is 0 Å². The standard InChI is InChI=1S/C4H7BrN2O/c5-3-1-6-4(8)7-2-3/h3H,1-2H2,(H2,6,7,8). The highest BCUT2D eigenvalue weighted by Gasteiger charge is 2.12. The molecule has 8 heavy (non-hydrogen) atoms. The normalized spacial score (nSPS) is 21.9. The van der Waals surface area contributed by atoms with Gasteiger partial charge in [-0.2, -0.15) is 0 Å². The largest absolute Gasteiger partial charge is 0.337 e. The van der Waals surface area contributed by atoms with Crippen molar-refractivity contribution in [2.24, 2.45) is 0 Å². The van der Waals surface area contributed by atoms with Crippen molar-refractivity contribution in [3.8, 4) is 0 Å². The maximum absolute atomic E-state index is 10.4. The third kappa shape index (κ3) is 1.36. The highest BCUT2D eigenvalue weighted by molar-refractivity contribution is 9.09. The third-order valence-electron chi connectivity index (χ3n) is 0.968. The molecule has 1 saturated heterocycles. The average molecular weight is 179 g/mol. The first-order valence-electron chi connectivity index (χ1n) is 2.45. The number of halogens is 1. The molecule has 0 atom stereocenters. The summed E-state index contributed by atoms with van der Waals surface area (Å²) in [5, 5.41) is 5.27. The van der Waals surface area contributed by atoms with Crippen LogP contribution in [0.15, 0.2) is 0 Å². The van der Waals surface area contributed by atoms with Gasteiger partial charge in [-0.15, -0.1) is 0 Å². The van der Waals surface area contributed by atoms with Gasteiger partial charge in [0.25, 0.3) is 0 Å². The summed E-state index contributed by atoms with van der Waals surface area (Å²) in [5.74, 6) is 0. The average Bonchev–Trinajstić information content (AvgIpc) is 1.77. The molecule has 3 nitrogen and oxygen atoms in total. The van der Waals surface area contributed by atoms with Gasteiger partial charge >= 0.3 is 6.03 Å². The van der Waals surface area contributed by atoms with Crippen LogP contribution in [-0.2, 0) is 0 Å². The Kier molecular flexibility index (Phi) is 1.73. The van der Waals surface area contributed by atoms with Crippen LogP contribution in [0.4, 0.5) is 4.79 Å². The van der Waals surface area contributed by atoms with Gasteiger partial charge < -0.3 is 10.6 Å². The van der Waals surface area contributed by atoms with Gasteiger partial charge in [-0.3, -0.25) is 0 Å². The molecule has 4 heteroatoms. The molecule has 0 radical (unpaired) electrons. The van der Waals surface area contributed by atoms with E-state index in [-0.39, 0.29) is 6.03 Å². The van der Waals surface area contributed by atoms with Crippen LogP contribution in [-0.4, -0.2) is 23.9 Å². The first-order chi connectivity index (χ1) is 3.79. The summed E-state index contributed by atoms with van der Waals surface area (Å²) in [5.41, 5.74) is 0. The van der Waals surface area contributed by atoms with Crippen molar-refractivity contribution in [3.63, 3.8) is 0 Å². The van der Waals surface area contributed by atoms with Gasteiger partial charge in [0, 0.05) is 17.9 Å². The molecular weight excluding hydrogens is 172 g/mol. The molecule has 1 fully saturated rings. The molecule has 0 saturated carbocycles. The van der Waals surface area contributed by atoms with E-state index >= 15 is 0 Å². The maximum Gasteiger partial charge on any atom is 0.314 e. The van der Waals surface area contributed by atoms with Crippen molar-refractivity contribution in [3.05, 3.63) is 0 Å². The minimum Gasteiger partial charge on any atom is -0.337 e. The number of hydrogen-bond acceptors (Lipinski definition) is 1. The second kappa shape index (κ2) is 2.35. The van der Waals surface area contributed by atoms with Gasteiger partial charge in [-0.05, 0) is 0 Å². The topological polar surface area (TPSA) is 41.1 Å². The number of rotatable bonds is 0. The number of alkyl halides is 1. The molecule has 0 aliphatic carbocycles. The summed E-state index contributed by atoms with van der Waals surface area (Å²) in [6, 6.07) is -0.0688. The number of nitrogens with one attached hydrogen (secondary N) is 2. The predicted octanol–water partition coefficient (Wildman–Crippen LogP) is 0.0627. The predicted molar refractivity (Wildman–Crippen MR) is 34.1 cm³/mol. The molecule has 1 aliphatic rings. The van der Waals surface area contributed by atoms with Crippen LogP contribution in [0, 0.1) is 0 Å². The molecule has 0 aromatic rings. The van der Waals surface area contributed by atoms with Gasteiger partial charge in [0.1, 0.15) is 0 Å². The Morgan fingerprint density at radius 3 is 2.38 bits per heavy atom. The van der Waals surface area contributed by atoms with E-state index in [1.807, 2.05) is 0 Å². The minimum atomic E-state index is -0.0688. The van der Waals surface area contributed by atoms with Crippen molar-refractivity contribution >= 4 is 22.0 Å². The lowest BCUT2D eigenvalue weighted by molar-refractivity contribution is 0.237. The van der Waals surface area contributed by atoms with Crippen molar-refractivity contribution in [1.29, 1.82) is 0 Å². The SMILES string of the molecule is O=C1NCC(Br)CN1. The lowest BCUT2D eigenvalue weighted by Crippen LogP contribution is -2.48. The summed E-state index contributed by atoms with van der Waals surface area (Å²) in [4.78, 5) is 10.8. The zero-order valence-electron chi connectivity index (χ0n) is 4.28. The van der Waals surface area contributed by atoms with E-state index in [1.165, 1.54) is 0 Å². The molecule has 0 bridgehead atoms. The fraction of sp³-hybridized carbons (Fsp3) is 0.750. The van der Waals surface area contributed by atoms with Gasteiger partial charge in [0.05, 0.1) is 0 Å². The Morgan fingerprint density at radius 2 is 2.00 bits per heavy atom. The number of urea groups is 1. The van der Waals surface area contributed by atoms with E-state index in [4.69, 9.17) is 0 Å². The molecule has 0 spiro atoms. The van der Waals surface area contributed by atoms with E-state index in [0.29, 0.717) is 4.83 Å². The molecule has 46 valence electrons. The zero-order valence-corrected chi connectivity index (χ0v) is 5.86. The van der Waals surface area contributed by atoms with Gasteiger partial charge in [0.2, 0.25) is 0 Å². The van der Waals surface area contributed by atoms with Crippen LogP contribution in [0.1, 0.15) is 0 Å². The van der Waals surface area contributed by atoms with Crippen LogP contribution >= 0.6 is 15.9 Å². The van der Waals surface area contributed by atoms with Crippen molar-refractivity contribution in [2.75, 3.05) is 13.1 Å². The second-order valence-corrected chi connectivity index (χ2v) is 2.98. The van der Waals surface area contributed by atoms with Crippen molar-refractivity contribution in [1.82, 2.24) is 10.6 Å². The fourth-order valence-corrected chi connectivity index (χ4v) is 0.865. The van der Waals surface area contributed by atoms with Crippen LogP contribution in [0.3, 0.4) is 0 Å². The summed E-state index contributed by atoms with van der Waals surface area (Å²) < 4.78 is 0. The Labute approximate surface area is 56.0 Å².